The average Bonchev–Trinajstić information content (AvgIpc) is 2.71. The van der Waals surface area contributed by atoms with E-state index in [1.165, 1.54) is 18.5 Å². The van der Waals surface area contributed by atoms with Crippen LogP contribution in [-0.4, -0.2) is 23.2 Å². The summed E-state index contributed by atoms with van der Waals surface area (Å²) in [5.41, 5.74) is 0.942. The Labute approximate surface area is 98.1 Å². The molecule has 17 heavy (non-hydrogen) atoms. The Bertz CT molecular complexity index is 577. The van der Waals surface area contributed by atoms with Crippen molar-refractivity contribution in [2.45, 2.75) is 6.54 Å². The van der Waals surface area contributed by atoms with E-state index in [1.54, 1.807) is 23.1 Å². The molecule has 0 unspecified atom stereocenters. The van der Waals surface area contributed by atoms with Crippen molar-refractivity contribution in [3.05, 3.63) is 42.5 Å². The highest BCUT2D eigenvalue weighted by Crippen LogP contribution is 2.13. The summed E-state index contributed by atoms with van der Waals surface area (Å²) in [7, 11) is -3.97. The van der Waals surface area contributed by atoms with Crippen molar-refractivity contribution in [3.8, 4) is 5.75 Å². The molecule has 1 aromatic heterocycles. The Kier molecular flexibility index (Phi) is 3.07. The zero-order chi connectivity index (χ0) is 12.3. The molecule has 0 aliphatic carbocycles. The van der Waals surface area contributed by atoms with E-state index in [2.05, 4.69) is 14.3 Å². The van der Waals surface area contributed by atoms with Gasteiger partial charge < -0.3 is 4.18 Å². The zero-order valence-corrected chi connectivity index (χ0v) is 9.54. The van der Waals surface area contributed by atoms with Gasteiger partial charge in [-0.05, 0) is 17.7 Å². The van der Waals surface area contributed by atoms with E-state index in [1.807, 2.05) is 0 Å². The Morgan fingerprint density at radius 3 is 2.53 bits per heavy atom. The average molecular weight is 254 g/mol. The fourth-order valence-electron chi connectivity index (χ4n) is 1.29. The van der Waals surface area contributed by atoms with Crippen LogP contribution < -0.4 is 9.32 Å². The molecular weight excluding hydrogens is 244 g/mol. The molecular formula is C9H10N4O3S. The second kappa shape index (κ2) is 4.52. The van der Waals surface area contributed by atoms with Crippen LogP contribution in [0.2, 0.25) is 0 Å². The van der Waals surface area contributed by atoms with Gasteiger partial charge in [-0.25, -0.2) is 9.67 Å². The van der Waals surface area contributed by atoms with E-state index in [-0.39, 0.29) is 5.75 Å². The first-order valence-corrected chi connectivity index (χ1v) is 6.14. The van der Waals surface area contributed by atoms with Crippen LogP contribution in [0.1, 0.15) is 5.56 Å². The molecule has 2 N–H and O–H groups in total. The van der Waals surface area contributed by atoms with Crippen molar-refractivity contribution in [2.75, 3.05) is 0 Å². The summed E-state index contributed by atoms with van der Waals surface area (Å²) in [4.78, 5) is 3.82. The molecule has 0 amide bonds. The second-order valence-electron chi connectivity index (χ2n) is 3.31. The topological polar surface area (TPSA) is 100 Å². The van der Waals surface area contributed by atoms with Crippen LogP contribution in [0.3, 0.4) is 0 Å². The molecule has 0 fully saturated rings. The van der Waals surface area contributed by atoms with Crippen molar-refractivity contribution in [1.82, 2.24) is 14.8 Å². The summed E-state index contributed by atoms with van der Waals surface area (Å²) < 4.78 is 27.5. The largest absolute Gasteiger partial charge is 0.380 e. The SMILES string of the molecule is NS(=O)(=O)Oc1ccc(Cn2cncn2)cc1. The minimum absolute atomic E-state index is 0.176. The van der Waals surface area contributed by atoms with Crippen LogP contribution in [0, 0.1) is 0 Å². The van der Waals surface area contributed by atoms with Crippen LogP contribution in [0.25, 0.3) is 0 Å². The molecule has 0 saturated heterocycles. The van der Waals surface area contributed by atoms with Crippen LogP contribution in [0.5, 0.6) is 5.75 Å². The summed E-state index contributed by atoms with van der Waals surface area (Å²) in [6, 6.07) is 6.50. The molecule has 0 aliphatic rings. The van der Waals surface area contributed by atoms with Gasteiger partial charge in [-0.3, -0.25) is 0 Å². The quantitative estimate of drug-likeness (QED) is 0.821. The van der Waals surface area contributed by atoms with Gasteiger partial charge in [0.1, 0.15) is 18.4 Å². The monoisotopic (exact) mass is 254 g/mol. The van der Waals surface area contributed by atoms with Crippen molar-refractivity contribution >= 4 is 10.3 Å². The number of nitrogens with two attached hydrogens (primary N) is 1. The molecule has 0 atom stereocenters. The van der Waals surface area contributed by atoms with E-state index in [4.69, 9.17) is 5.14 Å². The van der Waals surface area contributed by atoms with Gasteiger partial charge in [0.15, 0.2) is 0 Å². The molecule has 0 aliphatic heterocycles. The van der Waals surface area contributed by atoms with E-state index in [9.17, 15) is 8.42 Å². The van der Waals surface area contributed by atoms with E-state index in [0.29, 0.717) is 6.54 Å². The van der Waals surface area contributed by atoms with Gasteiger partial charge in [0.2, 0.25) is 0 Å². The van der Waals surface area contributed by atoms with Crippen molar-refractivity contribution in [3.63, 3.8) is 0 Å². The first-order valence-electron chi connectivity index (χ1n) is 4.66. The summed E-state index contributed by atoms with van der Waals surface area (Å²) in [6.07, 6.45) is 3.03. The van der Waals surface area contributed by atoms with Gasteiger partial charge >= 0.3 is 10.3 Å². The fourth-order valence-corrected chi connectivity index (χ4v) is 1.67. The predicted molar refractivity (Wildman–Crippen MR) is 59.3 cm³/mol. The summed E-state index contributed by atoms with van der Waals surface area (Å²) in [6.45, 7) is 0.551. The van der Waals surface area contributed by atoms with Crippen molar-refractivity contribution < 1.29 is 12.6 Å². The highest BCUT2D eigenvalue weighted by molar-refractivity contribution is 7.84. The van der Waals surface area contributed by atoms with Crippen LogP contribution in [0.15, 0.2) is 36.9 Å². The minimum Gasteiger partial charge on any atom is -0.371 e. The minimum atomic E-state index is -3.97. The van der Waals surface area contributed by atoms with Crippen LogP contribution in [-0.2, 0) is 16.8 Å². The van der Waals surface area contributed by atoms with Gasteiger partial charge in [0.05, 0.1) is 6.54 Å². The lowest BCUT2D eigenvalue weighted by Crippen LogP contribution is -2.18. The molecule has 0 saturated carbocycles. The van der Waals surface area contributed by atoms with Gasteiger partial charge in [-0.1, -0.05) is 12.1 Å². The number of hydrogen-bond acceptors (Lipinski definition) is 5. The maximum atomic E-state index is 10.7. The van der Waals surface area contributed by atoms with Gasteiger partial charge in [-0.15, -0.1) is 0 Å². The third kappa shape index (κ3) is 3.54. The normalized spacial score (nSPS) is 11.4. The van der Waals surface area contributed by atoms with E-state index < -0.39 is 10.3 Å². The maximum absolute atomic E-state index is 10.7. The molecule has 8 heteroatoms. The highest BCUT2D eigenvalue weighted by Gasteiger charge is 2.04. The highest BCUT2D eigenvalue weighted by atomic mass is 32.2. The lowest BCUT2D eigenvalue weighted by Gasteiger charge is -2.04. The number of aromatic nitrogens is 3. The number of benzene rings is 1. The molecule has 1 heterocycles. The molecule has 7 nitrogen and oxygen atoms in total. The maximum Gasteiger partial charge on any atom is 0.380 e. The number of hydrogen-bond donors (Lipinski definition) is 1. The second-order valence-corrected chi connectivity index (χ2v) is 4.47. The Hall–Kier alpha value is -1.93. The van der Waals surface area contributed by atoms with E-state index in [0.717, 1.165) is 5.56 Å². The predicted octanol–water partition coefficient (Wildman–Crippen LogP) is -0.0913. The zero-order valence-electron chi connectivity index (χ0n) is 8.72. The number of rotatable bonds is 4. The van der Waals surface area contributed by atoms with Crippen molar-refractivity contribution in [1.29, 1.82) is 0 Å². The standard InChI is InChI=1S/C9H10N4O3S/c10-17(14,15)16-9-3-1-8(2-4-9)5-13-7-11-6-12-13/h1-4,6-7H,5H2,(H2,10,14,15). The molecule has 0 bridgehead atoms. The molecule has 2 aromatic rings. The summed E-state index contributed by atoms with van der Waals surface area (Å²) in [5, 5.41) is 8.69. The first kappa shape index (κ1) is 11.6. The first-order chi connectivity index (χ1) is 8.03. The Balaban J connectivity index is 2.08. The molecule has 2 rings (SSSR count). The third-order valence-electron chi connectivity index (χ3n) is 1.95. The lowest BCUT2D eigenvalue weighted by molar-refractivity contribution is 0.487. The van der Waals surface area contributed by atoms with Gasteiger partial charge in [0, 0.05) is 0 Å². The Morgan fingerprint density at radius 2 is 2.00 bits per heavy atom. The molecule has 0 spiro atoms. The Morgan fingerprint density at radius 1 is 1.29 bits per heavy atom. The van der Waals surface area contributed by atoms with Gasteiger partial charge in [-0.2, -0.15) is 18.7 Å². The third-order valence-corrected chi connectivity index (χ3v) is 2.37. The van der Waals surface area contributed by atoms with E-state index >= 15 is 0 Å². The fraction of sp³-hybridized carbons (Fsp3) is 0.111. The summed E-state index contributed by atoms with van der Waals surface area (Å²) in [5.74, 6) is 0.176. The molecule has 0 radical (unpaired) electrons. The summed E-state index contributed by atoms with van der Waals surface area (Å²) >= 11 is 0. The lowest BCUT2D eigenvalue weighted by atomic mass is 10.2. The smallest absolute Gasteiger partial charge is 0.371 e. The van der Waals surface area contributed by atoms with Gasteiger partial charge in [0.25, 0.3) is 0 Å². The van der Waals surface area contributed by atoms with Crippen molar-refractivity contribution in [2.24, 2.45) is 5.14 Å². The van der Waals surface area contributed by atoms with Crippen LogP contribution in [0.4, 0.5) is 0 Å². The van der Waals surface area contributed by atoms with Crippen LogP contribution >= 0.6 is 0 Å². The molecule has 1 aromatic carbocycles. The number of nitrogens with zero attached hydrogens (tertiary/aromatic N) is 3. The molecule has 90 valence electrons.